The third kappa shape index (κ3) is 5.22. The van der Waals surface area contributed by atoms with E-state index in [1.807, 2.05) is 30.3 Å². The summed E-state index contributed by atoms with van der Waals surface area (Å²) in [6.45, 7) is 2.66. The van der Waals surface area contributed by atoms with Crippen LogP contribution in [0.2, 0.25) is 0 Å². The van der Waals surface area contributed by atoms with Gasteiger partial charge in [0.15, 0.2) is 5.60 Å². The van der Waals surface area contributed by atoms with Gasteiger partial charge in [0.2, 0.25) is 0 Å². The van der Waals surface area contributed by atoms with Gasteiger partial charge in [-0.2, -0.15) is 8.42 Å². The van der Waals surface area contributed by atoms with Gasteiger partial charge < -0.3 is 14.5 Å². The molecule has 3 rings (SSSR count). The van der Waals surface area contributed by atoms with Crippen molar-refractivity contribution in [1.29, 1.82) is 0 Å². The van der Waals surface area contributed by atoms with Gasteiger partial charge in [0, 0.05) is 17.4 Å². The van der Waals surface area contributed by atoms with E-state index >= 15 is 0 Å². The Labute approximate surface area is 178 Å². The third-order valence-electron chi connectivity index (χ3n) is 5.32. The van der Waals surface area contributed by atoms with Crippen molar-refractivity contribution in [3.05, 3.63) is 66.1 Å². The number of ether oxygens (including phenoxy) is 1. The second-order valence-electron chi connectivity index (χ2n) is 7.56. The van der Waals surface area contributed by atoms with Crippen LogP contribution in [0.4, 0.5) is 0 Å². The molecule has 0 fully saturated rings. The maximum absolute atomic E-state index is 12.0. The number of rotatable bonds is 11. The molecule has 2 aromatic carbocycles. The van der Waals surface area contributed by atoms with Gasteiger partial charge in [0.1, 0.15) is 11.5 Å². The summed E-state index contributed by atoms with van der Waals surface area (Å²) in [5, 5.41) is 5.04. The molecule has 0 amide bonds. The van der Waals surface area contributed by atoms with Gasteiger partial charge in [-0.3, -0.25) is 4.55 Å². The highest BCUT2D eigenvalue weighted by Gasteiger charge is 2.40. The maximum Gasteiger partial charge on any atom is 0.269 e. The van der Waals surface area contributed by atoms with E-state index in [-0.39, 0.29) is 0 Å². The Hall–Kier alpha value is -2.35. The van der Waals surface area contributed by atoms with Crippen LogP contribution < -0.4 is 10.1 Å². The van der Waals surface area contributed by atoms with Crippen LogP contribution in [0.15, 0.2) is 59.4 Å². The molecule has 30 heavy (non-hydrogen) atoms. The minimum Gasteiger partial charge on any atom is -0.481 e. The lowest BCUT2D eigenvalue weighted by Crippen LogP contribution is -2.42. The predicted octanol–water partition coefficient (Wildman–Crippen LogP) is 4.55. The Morgan fingerprint density at radius 3 is 2.53 bits per heavy atom. The normalized spacial score (nSPS) is 14.0. The summed E-state index contributed by atoms with van der Waals surface area (Å²) < 4.78 is 45.3. The van der Waals surface area contributed by atoms with E-state index in [1.165, 1.54) is 18.1 Å². The van der Waals surface area contributed by atoms with Crippen LogP contribution in [0.3, 0.4) is 0 Å². The fourth-order valence-electron chi connectivity index (χ4n) is 3.80. The molecule has 1 heterocycles. The highest BCUT2D eigenvalue weighted by molar-refractivity contribution is 7.85. The number of nitrogens with one attached hydrogen (secondary N) is 1. The first kappa shape index (κ1) is 22.3. The van der Waals surface area contributed by atoms with Gasteiger partial charge in [-0.15, -0.1) is 0 Å². The fraction of sp³-hybridized carbons (Fsp3) is 0.391. The summed E-state index contributed by atoms with van der Waals surface area (Å²) in [6, 6.07) is 13.6. The number of hydrogen-bond acceptors (Lipinski definition) is 5. The zero-order chi connectivity index (χ0) is 21.6. The topological polar surface area (TPSA) is 88.8 Å². The Kier molecular flexibility index (Phi) is 7.18. The lowest BCUT2D eigenvalue weighted by atomic mass is 9.93. The summed E-state index contributed by atoms with van der Waals surface area (Å²) in [5.74, 6) is -0.000521. The SMILES string of the molecule is CCCCc1ccc(OC(CCNC)(CS(=O)(=O)O)c2ccoc2)c2ccccc12. The van der Waals surface area contributed by atoms with Crippen molar-refractivity contribution >= 4 is 20.9 Å². The molecule has 162 valence electrons. The quantitative estimate of drug-likeness (QED) is 0.433. The smallest absolute Gasteiger partial charge is 0.269 e. The van der Waals surface area contributed by atoms with Gasteiger partial charge in [-0.1, -0.05) is 43.7 Å². The molecule has 1 aromatic heterocycles. The van der Waals surface area contributed by atoms with Crippen LogP contribution in [0.1, 0.15) is 37.3 Å². The van der Waals surface area contributed by atoms with Gasteiger partial charge in [-0.25, -0.2) is 0 Å². The molecule has 2 N–H and O–H groups in total. The molecule has 3 aromatic rings. The first-order chi connectivity index (χ1) is 14.4. The summed E-state index contributed by atoms with van der Waals surface area (Å²) in [6.07, 6.45) is 6.44. The van der Waals surface area contributed by atoms with Crippen molar-refractivity contribution in [3.63, 3.8) is 0 Å². The van der Waals surface area contributed by atoms with Crippen molar-refractivity contribution in [3.8, 4) is 5.75 Å². The van der Waals surface area contributed by atoms with Gasteiger partial charge in [0.05, 0.1) is 12.5 Å². The van der Waals surface area contributed by atoms with Crippen LogP contribution in [0, 0.1) is 0 Å². The Morgan fingerprint density at radius 1 is 1.13 bits per heavy atom. The zero-order valence-electron chi connectivity index (χ0n) is 17.4. The van der Waals surface area contributed by atoms with E-state index in [9.17, 15) is 13.0 Å². The molecular formula is C23H29NO5S. The first-order valence-electron chi connectivity index (χ1n) is 10.2. The molecule has 0 bridgehead atoms. The van der Waals surface area contributed by atoms with Crippen LogP contribution in [0.5, 0.6) is 5.75 Å². The van der Waals surface area contributed by atoms with Crippen molar-refractivity contribution in [1.82, 2.24) is 5.32 Å². The average Bonchev–Trinajstić information content (AvgIpc) is 3.26. The fourth-order valence-corrected chi connectivity index (χ4v) is 4.76. The largest absolute Gasteiger partial charge is 0.481 e. The van der Waals surface area contributed by atoms with Crippen molar-refractivity contribution in [2.45, 2.75) is 38.2 Å². The highest BCUT2D eigenvalue weighted by atomic mass is 32.2. The Morgan fingerprint density at radius 2 is 1.90 bits per heavy atom. The molecule has 0 radical (unpaired) electrons. The van der Waals surface area contributed by atoms with E-state index in [2.05, 4.69) is 18.3 Å². The van der Waals surface area contributed by atoms with E-state index in [4.69, 9.17) is 9.15 Å². The van der Waals surface area contributed by atoms with Crippen molar-refractivity contribution < 1.29 is 22.1 Å². The average molecular weight is 432 g/mol. The van der Waals surface area contributed by atoms with Gasteiger partial charge >= 0.3 is 0 Å². The molecular weight excluding hydrogens is 402 g/mol. The monoisotopic (exact) mass is 431 g/mol. The van der Waals surface area contributed by atoms with E-state index < -0.39 is 21.5 Å². The third-order valence-corrected chi connectivity index (χ3v) is 6.15. The predicted molar refractivity (Wildman–Crippen MR) is 119 cm³/mol. The lowest BCUT2D eigenvalue weighted by molar-refractivity contribution is 0.0804. The highest BCUT2D eigenvalue weighted by Crippen LogP contribution is 2.38. The van der Waals surface area contributed by atoms with Gasteiger partial charge in [0.25, 0.3) is 10.1 Å². The van der Waals surface area contributed by atoms with Crippen molar-refractivity contribution in [2.75, 3.05) is 19.3 Å². The van der Waals surface area contributed by atoms with E-state index in [1.54, 1.807) is 13.1 Å². The number of aryl methyl sites for hydroxylation is 1. The van der Waals surface area contributed by atoms with E-state index in [0.717, 1.165) is 30.0 Å². The summed E-state index contributed by atoms with van der Waals surface area (Å²) in [5.41, 5.74) is 0.505. The van der Waals surface area contributed by atoms with E-state index in [0.29, 0.717) is 24.3 Å². The standard InChI is InChI=1S/C23H29NO5S/c1-3-4-7-18-10-11-22(21-9-6-5-8-20(18)21)29-23(13-14-24-2,17-30(25,26)27)19-12-15-28-16-19/h5-6,8-12,15-16,24H,3-4,7,13-14,17H2,1-2H3,(H,25,26,27). The summed E-state index contributed by atoms with van der Waals surface area (Å²) >= 11 is 0. The number of hydrogen-bond donors (Lipinski definition) is 2. The minimum atomic E-state index is -4.33. The molecule has 0 aliphatic carbocycles. The molecule has 1 unspecified atom stereocenters. The minimum absolute atomic E-state index is 0.328. The van der Waals surface area contributed by atoms with Crippen LogP contribution >= 0.6 is 0 Å². The zero-order valence-corrected chi connectivity index (χ0v) is 18.2. The van der Waals surface area contributed by atoms with Gasteiger partial charge in [-0.05, 0) is 49.5 Å². The second kappa shape index (κ2) is 9.64. The van der Waals surface area contributed by atoms with Crippen LogP contribution in [-0.2, 0) is 22.1 Å². The number of benzene rings is 2. The molecule has 1 atom stereocenters. The molecule has 0 spiro atoms. The molecule has 6 nitrogen and oxygen atoms in total. The second-order valence-corrected chi connectivity index (χ2v) is 9.01. The summed E-state index contributed by atoms with van der Waals surface area (Å²) in [7, 11) is -2.54. The lowest BCUT2D eigenvalue weighted by Gasteiger charge is -2.33. The molecule has 7 heteroatoms. The number of unbranched alkanes of at least 4 members (excludes halogenated alkanes) is 1. The molecule has 0 saturated carbocycles. The van der Waals surface area contributed by atoms with Crippen molar-refractivity contribution in [2.24, 2.45) is 0 Å². The van der Waals surface area contributed by atoms with Crippen LogP contribution in [0.25, 0.3) is 10.8 Å². The number of furan rings is 1. The molecule has 0 aliphatic heterocycles. The Balaban J connectivity index is 2.11. The molecule has 0 saturated heterocycles. The maximum atomic E-state index is 12.0. The molecule has 0 aliphatic rings. The number of fused-ring (bicyclic) bond motifs is 1. The first-order valence-corrected chi connectivity index (χ1v) is 11.8. The Bertz CT molecular complexity index is 1060. The summed E-state index contributed by atoms with van der Waals surface area (Å²) in [4.78, 5) is 0. The van der Waals surface area contributed by atoms with Crippen LogP contribution in [-0.4, -0.2) is 32.3 Å².